The molecule has 0 spiro atoms. The first-order valence-electron chi connectivity index (χ1n) is 26.6. The number of benzene rings is 2. The van der Waals surface area contributed by atoms with E-state index in [-0.39, 0.29) is 111 Å². The molecule has 21 heteroatoms. The van der Waals surface area contributed by atoms with Gasteiger partial charge in [0.15, 0.2) is 0 Å². The molecule has 2 saturated heterocycles. The lowest BCUT2D eigenvalue weighted by atomic mass is 9.85. The van der Waals surface area contributed by atoms with E-state index < -0.39 is 65.1 Å². The van der Waals surface area contributed by atoms with Gasteiger partial charge in [-0.25, -0.2) is 4.68 Å². The van der Waals surface area contributed by atoms with Crippen LogP contribution in [-0.2, 0) is 52.8 Å². The van der Waals surface area contributed by atoms with Crippen LogP contribution in [-0.4, -0.2) is 136 Å². The lowest BCUT2D eigenvalue weighted by molar-refractivity contribution is -0.144. The van der Waals surface area contributed by atoms with Gasteiger partial charge in [0.1, 0.15) is 24.2 Å². The second-order valence-electron chi connectivity index (χ2n) is 23.0. The molecule has 0 bridgehead atoms. The van der Waals surface area contributed by atoms with E-state index in [0.29, 0.717) is 5.69 Å². The lowest BCUT2D eigenvalue weighted by Gasteiger charge is -2.36. The van der Waals surface area contributed by atoms with Gasteiger partial charge < -0.3 is 47.0 Å². The molecule has 2 aromatic carbocycles. The number of hydrogen-bond donors (Lipinski definition) is 7. The van der Waals surface area contributed by atoms with Crippen LogP contribution in [0.1, 0.15) is 146 Å². The maximum Gasteiger partial charge on any atom is 0.246 e. The van der Waals surface area contributed by atoms with Gasteiger partial charge in [0.05, 0.1) is 35.9 Å². The Kier molecular flexibility index (Phi) is 21.1. The highest BCUT2D eigenvalue weighted by molar-refractivity contribution is 5.95. The highest BCUT2D eigenvalue weighted by Crippen LogP contribution is 2.35. The molecule has 2 aliphatic carbocycles. The minimum absolute atomic E-state index is 0. The summed E-state index contributed by atoms with van der Waals surface area (Å²) in [5.74, 6) is -2.35. The SMILES string of the molecule is CN[C@@H](C)C(=O)N[C@H](C(=O)N1C[C@@H](NC(=O)CCc2cn([C@H]3C[C@@H](C(=O)N[C@@H]4CCCc5ccccc54)N(C(=O)[C@@H](NC(=O)[C@H](C)NC)C(C)(C)C)C3)nn2)C[C@H]1C(=O)N[C@@H]1CCCc2ccccc21)C(C)(C)C.Cl.Cl. The molecule has 0 unspecified atom stereocenters. The first kappa shape index (κ1) is 61.2. The summed E-state index contributed by atoms with van der Waals surface area (Å²) in [6, 6.07) is 9.97. The number of carbonyl (C=O) groups excluding carboxylic acids is 7. The van der Waals surface area contributed by atoms with Gasteiger partial charge in [-0.2, -0.15) is 0 Å². The molecule has 1 aromatic heterocycles. The number of halogens is 2. The lowest BCUT2D eigenvalue weighted by Crippen LogP contribution is -2.59. The van der Waals surface area contributed by atoms with Crippen LogP contribution in [0, 0.1) is 10.8 Å². The van der Waals surface area contributed by atoms with Crippen molar-refractivity contribution in [2.24, 2.45) is 10.8 Å². The number of likely N-dealkylation sites (tertiary alicyclic amines) is 2. The van der Waals surface area contributed by atoms with Gasteiger partial charge in [0.25, 0.3) is 0 Å². The minimum Gasteiger partial charge on any atom is -0.351 e. The van der Waals surface area contributed by atoms with Crippen molar-refractivity contribution in [1.82, 2.24) is 62.0 Å². The Morgan fingerprint density at radius 2 is 1.11 bits per heavy atom. The Balaban J connectivity index is 0.00000533. The van der Waals surface area contributed by atoms with Gasteiger partial charge in [0, 0.05) is 44.6 Å². The fourth-order valence-corrected chi connectivity index (χ4v) is 10.8. The number of hydrogen-bond acceptors (Lipinski definition) is 11. The number of aryl methyl sites for hydroxylation is 3. The van der Waals surface area contributed by atoms with Crippen LogP contribution in [0.25, 0.3) is 0 Å². The minimum atomic E-state index is -0.953. The highest BCUT2D eigenvalue weighted by atomic mass is 35.5. The van der Waals surface area contributed by atoms with Gasteiger partial charge >= 0.3 is 0 Å². The largest absolute Gasteiger partial charge is 0.351 e. The van der Waals surface area contributed by atoms with E-state index in [0.717, 1.165) is 49.7 Å². The number of nitrogens with one attached hydrogen (secondary N) is 7. The second kappa shape index (κ2) is 26.1. The smallest absolute Gasteiger partial charge is 0.246 e. The number of rotatable bonds is 17. The summed E-state index contributed by atoms with van der Waals surface area (Å²) >= 11 is 0. The van der Waals surface area contributed by atoms with Crippen molar-refractivity contribution in [2.45, 2.75) is 180 Å². The average Bonchev–Trinajstić information content (AvgIpc) is 4.15. The molecule has 2 aliphatic heterocycles. The van der Waals surface area contributed by atoms with Gasteiger partial charge in [-0.1, -0.05) is 95.3 Å². The molecule has 10 atom stereocenters. The number of carbonyl (C=O) groups is 7. The summed E-state index contributed by atoms with van der Waals surface area (Å²) in [6.07, 6.45) is 7.63. The zero-order valence-electron chi connectivity index (χ0n) is 45.9. The summed E-state index contributed by atoms with van der Waals surface area (Å²) in [5, 5.41) is 30.2. The Hall–Kier alpha value is -5.63. The van der Waals surface area contributed by atoms with Gasteiger partial charge in [-0.3, -0.25) is 33.6 Å². The Labute approximate surface area is 460 Å². The predicted octanol–water partition coefficient (Wildman–Crippen LogP) is 3.95. The number of nitrogens with zero attached hydrogens (tertiary/aromatic N) is 5. The molecule has 2 fully saturated rings. The standard InChI is InChI=1S/C55H80N12O7.2ClH/c1-32(56-9)48(69)61-46(54(3,4)5)52(73)65-29-37(27-43(65)50(71)59-41-23-15-19-34-17-11-13-21-39(34)41)58-45(68)26-25-36-30-67(64-63-36)38-28-44(51(72)60-42-24-16-20-35-18-12-14-22-40(35)42)66(31-38)53(74)47(55(6,7)8)62-49(70)33(2)57-10;;/h11-14,17-18,21-22,30,32-33,37-38,41-44,46-47,56-57H,15-16,19-20,23-29,31H2,1-10H3,(H,58,68)(H,59,71)(H,60,72)(H,61,69)(H,62,70);2*1H/t32-,33-,37-,38-,41+,42+,43-,44-,46+,47+;;/m0../s1. The fraction of sp³-hybridized carbons (Fsp3) is 0.618. The van der Waals surface area contributed by atoms with E-state index in [2.05, 4.69) is 59.7 Å². The summed E-state index contributed by atoms with van der Waals surface area (Å²) < 4.78 is 1.65. The fourth-order valence-electron chi connectivity index (χ4n) is 10.8. The molecule has 19 nitrogen and oxygen atoms in total. The number of likely N-dealkylation sites (N-methyl/N-ethyl adjacent to an activating group) is 2. The van der Waals surface area contributed by atoms with Crippen molar-refractivity contribution in [2.75, 3.05) is 27.2 Å². The molecule has 7 rings (SSSR count). The van der Waals surface area contributed by atoms with Crippen LogP contribution in [0.5, 0.6) is 0 Å². The van der Waals surface area contributed by atoms with Crippen molar-refractivity contribution in [3.63, 3.8) is 0 Å². The topological polar surface area (TPSA) is 241 Å². The van der Waals surface area contributed by atoms with Crippen LogP contribution in [0.2, 0.25) is 0 Å². The summed E-state index contributed by atoms with van der Waals surface area (Å²) in [7, 11) is 3.34. The highest BCUT2D eigenvalue weighted by Gasteiger charge is 2.48. The molecule has 418 valence electrons. The number of aromatic nitrogens is 3. The van der Waals surface area contributed by atoms with E-state index in [9.17, 15) is 33.6 Å². The molecule has 3 aromatic rings. The Bertz CT molecular complexity index is 2550. The number of fused-ring (bicyclic) bond motifs is 2. The van der Waals surface area contributed by atoms with Gasteiger partial charge in [0.2, 0.25) is 41.4 Å². The molecule has 4 aliphatic rings. The van der Waals surface area contributed by atoms with Crippen LogP contribution in [0.3, 0.4) is 0 Å². The van der Waals surface area contributed by atoms with E-state index >= 15 is 0 Å². The van der Waals surface area contributed by atoms with Crippen molar-refractivity contribution in [3.05, 3.63) is 82.7 Å². The monoisotopic (exact) mass is 1090 g/mol. The van der Waals surface area contributed by atoms with Gasteiger partial charge in [-0.15, -0.1) is 29.9 Å². The molecule has 7 N–H and O–H groups in total. The first-order chi connectivity index (χ1) is 35.1. The van der Waals surface area contributed by atoms with Crippen molar-refractivity contribution >= 4 is 66.2 Å². The van der Waals surface area contributed by atoms with Crippen molar-refractivity contribution in [1.29, 1.82) is 0 Å². The van der Waals surface area contributed by atoms with E-state index in [1.807, 2.05) is 77.9 Å². The summed E-state index contributed by atoms with van der Waals surface area (Å²) in [5.41, 5.74) is 3.64. The zero-order valence-corrected chi connectivity index (χ0v) is 47.5. The zero-order chi connectivity index (χ0) is 53.6. The Morgan fingerprint density at radius 1 is 0.645 bits per heavy atom. The normalized spacial score (nSPS) is 22.7. The van der Waals surface area contributed by atoms with Crippen molar-refractivity contribution < 1.29 is 33.6 Å². The first-order valence-corrected chi connectivity index (χ1v) is 26.6. The van der Waals surface area contributed by atoms with E-state index in [4.69, 9.17) is 0 Å². The average molecular weight is 1090 g/mol. The maximum absolute atomic E-state index is 14.7. The molecule has 3 heterocycles. The third-order valence-corrected chi connectivity index (χ3v) is 15.5. The molecule has 0 saturated carbocycles. The molecule has 0 radical (unpaired) electrons. The third kappa shape index (κ3) is 14.5. The van der Waals surface area contributed by atoms with Gasteiger partial charge in [-0.05, 0) is 106 Å². The summed E-state index contributed by atoms with van der Waals surface area (Å²) in [4.78, 5) is 101. The second-order valence-corrected chi connectivity index (χ2v) is 23.0. The van der Waals surface area contributed by atoms with Crippen LogP contribution in [0.15, 0.2) is 54.7 Å². The van der Waals surface area contributed by atoms with Crippen LogP contribution in [0.4, 0.5) is 0 Å². The quantitative estimate of drug-likeness (QED) is 0.102. The van der Waals surface area contributed by atoms with Crippen LogP contribution >= 0.6 is 24.8 Å². The summed E-state index contributed by atoms with van der Waals surface area (Å²) in [6.45, 7) is 14.9. The van der Waals surface area contributed by atoms with E-state index in [1.54, 1.807) is 43.7 Å². The number of amides is 7. The maximum atomic E-state index is 14.7. The molecular formula is C55H82Cl2N12O7. The van der Waals surface area contributed by atoms with Crippen LogP contribution < -0.4 is 37.2 Å². The molecular weight excluding hydrogens is 1010 g/mol. The van der Waals surface area contributed by atoms with E-state index in [1.165, 1.54) is 16.0 Å². The molecule has 7 amide bonds. The Morgan fingerprint density at radius 3 is 1.58 bits per heavy atom. The van der Waals surface area contributed by atoms with Crippen molar-refractivity contribution in [3.8, 4) is 0 Å². The third-order valence-electron chi connectivity index (χ3n) is 15.5. The predicted molar refractivity (Wildman–Crippen MR) is 294 cm³/mol. The molecule has 76 heavy (non-hydrogen) atoms.